The first-order valence-corrected chi connectivity index (χ1v) is 27.3. The van der Waals surface area contributed by atoms with Crippen molar-refractivity contribution in [2.45, 2.75) is 280 Å². The van der Waals surface area contributed by atoms with E-state index in [-0.39, 0.29) is 5.41 Å². The maximum absolute atomic E-state index is 2.74. The van der Waals surface area contributed by atoms with E-state index in [9.17, 15) is 0 Å². The van der Waals surface area contributed by atoms with Crippen LogP contribution in [0.2, 0.25) is 0 Å². The van der Waals surface area contributed by atoms with Gasteiger partial charge in [0.05, 0.1) is 0 Å². The van der Waals surface area contributed by atoms with Gasteiger partial charge in [-0.05, 0) is 89.0 Å². The van der Waals surface area contributed by atoms with Gasteiger partial charge in [-0.15, -0.1) is 0 Å². The van der Waals surface area contributed by atoms with Crippen molar-refractivity contribution in [3.63, 3.8) is 0 Å². The number of rotatable bonds is 45. The molecule has 0 saturated carbocycles. The van der Waals surface area contributed by atoms with Gasteiger partial charge in [0.2, 0.25) is 0 Å². The van der Waals surface area contributed by atoms with Gasteiger partial charge in [0.25, 0.3) is 0 Å². The van der Waals surface area contributed by atoms with Crippen LogP contribution in [0.25, 0.3) is 0 Å². The molecule has 0 saturated heterocycles. The zero-order valence-electron chi connectivity index (χ0n) is 42.1. The SMILES string of the molecule is CCCCC=C(C=CCCCCCC)C(C=CCCCCCC)(C=CCCCCCCC)C(C=CCCCCCCC)C(C=CCCCCCC)C=CCCCCCCC. The quantitative estimate of drug-likeness (QED) is 0.0326. The van der Waals surface area contributed by atoms with Gasteiger partial charge >= 0.3 is 0 Å². The van der Waals surface area contributed by atoms with E-state index in [4.69, 9.17) is 0 Å². The van der Waals surface area contributed by atoms with Crippen molar-refractivity contribution < 1.29 is 0 Å². The third-order valence-corrected chi connectivity index (χ3v) is 12.6. The minimum Gasteiger partial charge on any atom is -0.0882 e. The largest absolute Gasteiger partial charge is 0.0882 e. The van der Waals surface area contributed by atoms with Gasteiger partial charge in [-0.2, -0.15) is 0 Å². The Balaban J connectivity index is 7.78. The fourth-order valence-electron chi connectivity index (χ4n) is 8.60. The molecular weight excluding hydrogens is 721 g/mol. The van der Waals surface area contributed by atoms with Crippen LogP contribution >= 0.6 is 0 Å². The molecule has 0 aromatic carbocycles. The third kappa shape index (κ3) is 32.8. The van der Waals surface area contributed by atoms with Gasteiger partial charge in [0, 0.05) is 17.3 Å². The Bertz CT molecular complexity index is 1080. The fourth-order valence-corrected chi connectivity index (χ4v) is 8.60. The molecule has 0 nitrogen and oxygen atoms in total. The zero-order chi connectivity index (χ0) is 43.9. The van der Waals surface area contributed by atoms with Crippen LogP contribution in [-0.2, 0) is 0 Å². The predicted molar refractivity (Wildman–Crippen MR) is 278 cm³/mol. The van der Waals surface area contributed by atoms with Crippen LogP contribution in [0.15, 0.2) is 84.6 Å². The molecule has 0 heterocycles. The first-order valence-electron chi connectivity index (χ1n) is 27.3. The summed E-state index contributed by atoms with van der Waals surface area (Å²) in [5, 5.41) is 0. The number of unbranched alkanes of at least 4 members (excludes halogenated alkanes) is 29. The van der Waals surface area contributed by atoms with Crippen LogP contribution in [0.5, 0.6) is 0 Å². The second-order valence-corrected chi connectivity index (χ2v) is 18.5. The zero-order valence-corrected chi connectivity index (χ0v) is 42.1. The third-order valence-electron chi connectivity index (χ3n) is 12.6. The normalized spacial score (nSPS) is 15.0. The molecule has 0 radical (unpaired) electrons. The molecule has 0 bridgehead atoms. The lowest BCUT2D eigenvalue weighted by Gasteiger charge is -2.40. The molecule has 0 aromatic heterocycles. The second-order valence-electron chi connectivity index (χ2n) is 18.5. The van der Waals surface area contributed by atoms with E-state index in [1.807, 2.05) is 0 Å². The van der Waals surface area contributed by atoms with Crippen molar-refractivity contribution in [2.24, 2.45) is 17.3 Å². The average molecular weight is 830 g/mol. The number of hydrogen-bond acceptors (Lipinski definition) is 0. The van der Waals surface area contributed by atoms with Crippen molar-refractivity contribution in [1.29, 1.82) is 0 Å². The number of allylic oxidation sites excluding steroid dienone is 14. The molecular formula is C60H108. The number of hydrogen-bond donors (Lipinski definition) is 0. The molecule has 0 aliphatic carbocycles. The van der Waals surface area contributed by atoms with Crippen LogP contribution in [0.1, 0.15) is 280 Å². The maximum Gasteiger partial charge on any atom is 0.0380 e. The van der Waals surface area contributed by atoms with E-state index in [1.165, 1.54) is 225 Å². The Labute approximate surface area is 379 Å². The van der Waals surface area contributed by atoms with Crippen LogP contribution in [-0.4, -0.2) is 0 Å². The molecule has 0 aliphatic heterocycles. The summed E-state index contributed by atoms with van der Waals surface area (Å²) in [5.74, 6) is 0.659. The van der Waals surface area contributed by atoms with Gasteiger partial charge < -0.3 is 0 Å². The summed E-state index contributed by atoms with van der Waals surface area (Å²) in [6.45, 7) is 16.4. The smallest absolute Gasteiger partial charge is 0.0380 e. The molecule has 0 heteroatoms. The van der Waals surface area contributed by atoms with E-state index in [1.54, 1.807) is 5.57 Å². The Hall–Kier alpha value is -1.82. The topological polar surface area (TPSA) is 0 Å². The Morgan fingerprint density at radius 3 is 1.02 bits per heavy atom. The Morgan fingerprint density at radius 2 is 0.633 bits per heavy atom. The van der Waals surface area contributed by atoms with Gasteiger partial charge in [-0.1, -0.05) is 275 Å². The second kappa shape index (κ2) is 46.7. The van der Waals surface area contributed by atoms with Crippen LogP contribution in [0.4, 0.5) is 0 Å². The van der Waals surface area contributed by atoms with Gasteiger partial charge in [-0.25, -0.2) is 0 Å². The van der Waals surface area contributed by atoms with Gasteiger partial charge in [0.1, 0.15) is 0 Å². The standard InChI is InChI=1S/C60H108/c1-8-15-22-28-34-38-45-51-57(50-44-37-31-25-18-11-4)59(54-47-40-35-29-23-16-9-2)60(55-48-41-33-27-20-13-6,56-49-42-36-30-24-17-10-3)58(52-43-21-14-7)53-46-39-32-26-19-12-5/h44-57,59H,8-43H2,1-7H3. The summed E-state index contributed by atoms with van der Waals surface area (Å²) in [4.78, 5) is 0. The fraction of sp³-hybridized carbons (Fsp3) is 0.767. The van der Waals surface area contributed by atoms with Crippen LogP contribution in [0.3, 0.4) is 0 Å². The summed E-state index contributed by atoms with van der Waals surface area (Å²) >= 11 is 0. The summed E-state index contributed by atoms with van der Waals surface area (Å²) < 4.78 is 0. The predicted octanol–water partition coefficient (Wildman–Crippen LogP) is 21.7. The van der Waals surface area contributed by atoms with Crippen molar-refractivity contribution in [3.8, 4) is 0 Å². The summed E-state index contributed by atoms with van der Waals surface area (Å²) in [6.07, 6.45) is 81.2. The molecule has 0 aliphatic rings. The van der Waals surface area contributed by atoms with E-state index in [2.05, 4.69) is 127 Å². The molecule has 3 unspecified atom stereocenters. The van der Waals surface area contributed by atoms with Crippen molar-refractivity contribution in [2.75, 3.05) is 0 Å². The van der Waals surface area contributed by atoms with Crippen LogP contribution < -0.4 is 0 Å². The Kier molecular flexibility index (Phi) is 45.3. The van der Waals surface area contributed by atoms with Crippen molar-refractivity contribution in [1.82, 2.24) is 0 Å². The molecule has 0 N–H and O–H groups in total. The molecule has 60 heavy (non-hydrogen) atoms. The minimum absolute atomic E-state index is 0.205. The lowest BCUT2D eigenvalue weighted by Crippen LogP contribution is -2.32. The molecule has 0 fully saturated rings. The summed E-state index contributed by atoms with van der Waals surface area (Å²) in [6, 6.07) is 0. The molecule has 0 aromatic rings. The first-order chi connectivity index (χ1) is 29.6. The molecule has 348 valence electrons. The van der Waals surface area contributed by atoms with Gasteiger partial charge in [0.15, 0.2) is 0 Å². The lowest BCUT2D eigenvalue weighted by molar-refractivity contribution is 0.371. The maximum atomic E-state index is 2.74. The van der Waals surface area contributed by atoms with Gasteiger partial charge in [-0.3, -0.25) is 0 Å². The minimum atomic E-state index is -0.205. The summed E-state index contributed by atoms with van der Waals surface area (Å²) in [5.41, 5.74) is 1.34. The molecule has 0 amide bonds. The monoisotopic (exact) mass is 829 g/mol. The van der Waals surface area contributed by atoms with Crippen molar-refractivity contribution in [3.05, 3.63) is 84.6 Å². The summed E-state index contributed by atoms with van der Waals surface area (Å²) in [7, 11) is 0. The lowest BCUT2D eigenvalue weighted by atomic mass is 9.63. The molecule has 3 atom stereocenters. The van der Waals surface area contributed by atoms with E-state index < -0.39 is 0 Å². The Morgan fingerprint density at radius 1 is 0.317 bits per heavy atom. The molecule has 0 rings (SSSR count). The highest BCUT2D eigenvalue weighted by molar-refractivity contribution is 5.41. The highest BCUT2D eigenvalue weighted by Crippen LogP contribution is 2.47. The van der Waals surface area contributed by atoms with Crippen molar-refractivity contribution >= 4 is 0 Å². The highest BCUT2D eigenvalue weighted by Gasteiger charge is 2.38. The van der Waals surface area contributed by atoms with E-state index >= 15 is 0 Å². The van der Waals surface area contributed by atoms with Crippen LogP contribution in [0, 0.1) is 17.3 Å². The highest BCUT2D eigenvalue weighted by atomic mass is 14.4. The molecule has 0 spiro atoms. The average Bonchev–Trinajstić information content (AvgIpc) is 3.26. The van der Waals surface area contributed by atoms with E-state index in [0.29, 0.717) is 11.8 Å². The first kappa shape index (κ1) is 58.2. The van der Waals surface area contributed by atoms with E-state index in [0.717, 1.165) is 6.42 Å².